The molecule has 1 aromatic heterocycles. The van der Waals surface area contributed by atoms with E-state index in [1.54, 1.807) is 0 Å². The van der Waals surface area contributed by atoms with Crippen LogP contribution >= 0.6 is 35.0 Å². The molecule has 0 spiro atoms. The minimum Gasteiger partial charge on any atom is -0.229 e. The number of rotatable bonds is 2. The molecular weight excluding hydrogens is 263 g/mol. The maximum Gasteiger partial charge on any atom is 0.136 e. The van der Waals surface area contributed by atoms with Gasteiger partial charge in [0.05, 0.1) is 5.02 Å². The summed E-state index contributed by atoms with van der Waals surface area (Å²) in [6.07, 6.45) is 1.45. The van der Waals surface area contributed by atoms with E-state index in [1.807, 2.05) is 31.2 Å². The Labute approximate surface area is 108 Å². The van der Waals surface area contributed by atoms with Crippen molar-refractivity contribution in [1.29, 1.82) is 0 Å². The highest BCUT2D eigenvalue weighted by Gasteiger charge is 2.08. The third-order valence-corrected chi connectivity index (χ3v) is 4.02. The van der Waals surface area contributed by atoms with E-state index in [9.17, 15) is 0 Å². The highest BCUT2D eigenvalue weighted by Crippen LogP contribution is 2.34. The summed E-state index contributed by atoms with van der Waals surface area (Å²) < 4.78 is 0. The van der Waals surface area contributed by atoms with Crippen molar-refractivity contribution in [3.05, 3.63) is 46.3 Å². The molecule has 0 aliphatic carbocycles. The molecule has 0 unspecified atom stereocenters. The first-order chi connectivity index (χ1) is 7.68. The fraction of sp³-hybridized carbons (Fsp3) is 0.0909. The Bertz CT molecular complexity index is 517. The van der Waals surface area contributed by atoms with Crippen LogP contribution in [-0.4, -0.2) is 9.97 Å². The maximum absolute atomic E-state index is 6.07. The Balaban J connectivity index is 2.35. The average molecular weight is 271 g/mol. The molecular formula is C11H8Cl2N2S. The van der Waals surface area contributed by atoms with Crippen LogP contribution in [-0.2, 0) is 0 Å². The van der Waals surface area contributed by atoms with Crippen LogP contribution in [0.15, 0.2) is 40.5 Å². The van der Waals surface area contributed by atoms with Crippen molar-refractivity contribution in [2.24, 2.45) is 0 Å². The SMILES string of the molecule is Cc1c(Cl)ncnc1Sc1ccccc1Cl. The van der Waals surface area contributed by atoms with Gasteiger partial charge in [-0.3, -0.25) is 0 Å². The lowest BCUT2D eigenvalue weighted by Gasteiger charge is -2.06. The van der Waals surface area contributed by atoms with Crippen molar-refractivity contribution in [2.45, 2.75) is 16.8 Å². The van der Waals surface area contributed by atoms with Crippen LogP contribution in [0.2, 0.25) is 10.2 Å². The fourth-order valence-corrected chi connectivity index (χ4v) is 2.46. The molecule has 5 heteroatoms. The molecule has 2 aromatic rings. The van der Waals surface area contributed by atoms with Crippen LogP contribution in [0, 0.1) is 6.92 Å². The van der Waals surface area contributed by atoms with Gasteiger partial charge in [-0.1, -0.05) is 47.1 Å². The van der Waals surface area contributed by atoms with Gasteiger partial charge in [0.15, 0.2) is 0 Å². The molecule has 0 amide bonds. The summed E-state index contributed by atoms with van der Waals surface area (Å²) in [6, 6.07) is 7.63. The predicted molar refractivity (Wildman–Crippen MR) is 67.4 cm³/mol. The maximum atomic E-state index is 6.07. The van der Waals surface area contributed by atoms with Crippen molar-refractivity contribution < 1.29 is 0 Å². The minimum atomic E-state index is 0.476. The number of benzene rings is 1. The number of aromatic nitrogens is 2. The van der Waals surface area contributed by atoms with Gasteiger partial charge >= 0.3 is 0 Å². The average Bonchev–Trinajstić information content (AvgIpc) is 2.28. The first-order valence-corrected chi connectivity index (χ1v) is 6.15. The van der Waals surface area contributed by atoms with Crippen molar-refractivity contribution >= 4 is 35.0 Å². The molecule has 0 radical (unpaired) electrons. The molecule has 0 aliphatic heterocycles. The second-order valence-corrected chi connectivity index (χ2v) is 4.92. The van der Waals surface area contributed by atoms with E-state index in [-0.39, 0.29) is 0 Å². The van der Waals surface area contributed by atoms with Crippen LogP contribution in [0.3, 0.4) is 0 Å². The molecule has 0 atom stereocenters. The summed E-state index contributed by atoms with van der Waals surface area (Å²) >= 11 is 13.5. The van der Waals surface area contributed by atoms with Crippen LogP contribution in [0.4, 0.5) is 0 Å². The van der Waals surface area contributed by atoms with E-state index < -0.39 is 0 Å². The molecule has 0 aliphatic rings. The normalized spacial score (nSPS) is 10.4. The molecule has 16 heavy (non-hydrogen) atoms. The molecule has 0 N–H and O–H groups in total. The molecule has 2 nitrogen and oxygen atoms in total. The summed E-state index contributed by atoms with van der Waals surface area (Å²) in [6.45, 7) is 1.89. The van der Waals surface area contributed by atoms with E-state index in [4.69, 9.17) is 23.2 Å². The van der Waals surface area contributed by atoms with Crippen LogP contribution in [0.5, 0.6) is 0 Å². The van der Waals surface area contributed by atoms with Gasteiger partial charge in [-0.15, -0.1) is 0 Å². The quantitative estimate of drug-likeness (QED) is 0.764. The van der Waals surface area contributed by atoms with E-state index >= 15 is 0 Å². The van der Waals surface area contributed by atoms with Crippen molar-refractivity contribution in [2.75, 3.05) is 0 Å². The molecule has 0 fully saturated rings. The fourth-order valence-electron chi connectivity index (χ4n) is 1.15. The monoisotopic (exact) mass is 270 g/mol. The van der Waals surface area contributed by atoms with Gasteiger partial charge in [0.1, 0.15) is 16.5 Å². The van der Waals surface area contributed by atoms with Crippen molar-refractivity contribution in [1.82, 2.24) is 9.97 Å². The lowest BCUT2D eigenvalue weighted by molar-refractivity contribution is 1.00. The van der Waals surface area contributed by atoms with Crippen molar-refractivity contribution in [3.8, 4) is 0 Å². The Kier molecular flexibility index (Phi) is 3.69. The summed E-state index contributed by atoms with van der Waals surface area (Å²) in [7, 11) is 0. The number of halogens is 2. The van der Waals surface area contributed by atoms with Gasteiger partial charge in [-0.2, -0.15) is 0 Å². The lowest BCUT2D eigenvalue weighted by Crippen LogP contribution is -1.89. The lowest BCUT2D eigenvalue weighted by atomic mass is 10.4. The highest BCUT2D eigenvalue weighted by molar-refractivity contribution is 7.99. The van der Waals surface area contributed by atoms with Gasteiger partial charge in [0, 0.05) is 10.5 Å². The van der Waals surface area contributed by atoms with Gasteiger partial charge in [0.25, 0.3) is 0 Å². The van der Waals surface area contributed by atoms with Crippen molar-refractivity contribution in [3.63, 3.8) is 0 Å². The van der Waals surface area contributed by atoms with Crippen LogP contribution < -0.4 is 0 Å². The predicted octanol–water partition coefficient (Wildman–Crippen LogP) is 4.24. The van der Waals surface area contributed by atoms with Gasteiger partial charge in [-0.25, -0.2) is 9.97 Å². The number of hydrogen-bond acceptors (Lipinski definition) is 3. The van der Waals surface area contributed by atoms with Gasteiger partial charge in [-0.05, 0) is 19.1 Å². The minimum absolute atomic E-state index is 0.476. The Morgan fingerprint density at radius 1 is 1.12 bits per heavy atom. The molecule has 1 aromatic carbocycles. The molecule has 0 saturated carbocycles. The van der Waals surface area contributed by atoms with Gasteiger partial charge in [0.2, 0.25) is 0 Å². The van der Waals surface area contributed by atoms with E-state index in [1.165, 1.54) is 18.1 Å². The molecule has 0 saturated heterocycles. The van der Waals surface area contributed by atoms with Crippen LogP contribution in [0.1, 0.15) is 5.56 Å². The second-order valence-electron chi connectivity index (χ2n) is 3.13. The van der Waals surface area contributed by atoms with E-state index in [0.717, 1.165) is 15.5 Å². The molecule has 1 heterocycles. The molecule has 0 bridgehead atoms. The third kappa shape index (κ3) is 2.48. The first kappa shape index (κ1) is 11.7. The standard InChI is InChI=1S/C11H8Cl2N2S/c1-7-10(13)14-6-15-11(7)16-9-5-3-2-4-8(9)12/h2-6H,1H3. The zero-order valence-corrected chi connectivity index (χ0v) is 10.8. The third-order valence-electron chi connectivity index (χ3n) is 2.02. The summed E-state index contributed by atoms with van der Waals surface area (Å²) in [5.74, 6) is 0. The zero-order valence-electron chi connectivity index (χ0n) is 8.45. The summed E-state index contributed by atoms with van der Waals surface area (Å²) in [4.78, 5) is 9.06. The van der Waals surface area contributed by atoms with Crippen LogP contribution in [0.25, 0.3) is 0 Å². The Morgan fingerprint density at radius 2 is 1.88 bits per heavy atom. The zero-order chi connectivity index (χ0) is 11.5. The summed E-state index contributed by atoms with van der Waals surface area (Å²) in [5, 5.41) is 2.01. The van der Waals surface area contributed by atoms with Gasteiger partial charge < -0.3 is 0 Å². The molecule has 82 valence electrons. The topological polar surface area (TPSA) is 25.8 Å². The van der Waals surface area contributed by atoms with E-state index in [0.29, 0.717) is 10.2 Å². The highest BCUT2D eigenvalue weighted by atomic mass is 35.5. The van der Waals surface area contributed by atoms with E-state index in [2.05, 4.69) is 9.97 Å². The second kappa shape index (κ2) is 5.04. The first-order valence-electron chi connectivity index (χ1n) is 4.58. The summed E-state index contributed by atoms with van der Waals surface area (Å²) in [5.41, 5.74) is 0.870. The largest absolute Gasteiger partial charge is 0.229 e. The number of hydrogen-bond donors (Lipinski definition) is 0. The number of nitrogens with zero attached hydrogens (tertiary/aromatic N) is 2. The Hall–Kier alpha value is -0.770. The molecule has 2 rings (SSSR count). The smallest absolute Gasteiger partial charge is 0.136 e. The Morgan fingerprint density at radius 3 is 2.62 bits per heavy atom.